The molecule has 1 aromatic rings. The van der Waals surface area contributed by atoms with Crippen LogP contribution in [0.2, 0.25) is 0 Å². The molecule has 3 heteroatoms. The minimum atomic E-state index is 0.987. The van der Waals surface area contributed by atoms with E-state index in [-0.39, 0.29) is 0 Å². The second kappa shape index (κ2) is 9.97. The lowest BCUT2D eigenvalue weighted by atomic mass is 10.1. The van der Waals surface area contributed by atoms with Crippen LogP contribution in [-0.4, -0.2) is 67.1 Å². The van der Waals surface area contributed by atoms with Crippen LogP contribution in [0.5, 0.6) is 0 Å². The summed E-state index contributed by atoms with van der Waals surface area (Å²) in [7, 11) is 0. The SMILES string of the molecule is C=C(C)Cc1ccc(CN2CCN(CC)CCN(CC)CC2)cc1. The summed E-state index contributed by atoms with van der Waals surface area (Å²) in [5.41, 5.74) is 4.01. The highest BCUT2D eigenvalue weighted by Crippen LogP contribution is 2.11. The third kappa shape index (κ3) is 6.39. The van der Waals surface area contributed by atoms with E-state index in [9.17, 15) is 0 Å². The monoisotopic (exact) mass is 329 g/mol. The molecule has 1 aromatic carbocycles. The van der Waals surface area contributed by atoms with Crippen molar-refractivity contribution < 1.29 is 0 Å². The van der Waals surface area contributed by atoms with Gasteiger partial charge in [0.2, 0.25) is 0 Å². The summed E-state index contributed by atoms with van der Waals surface area (Å²) in [6, 6.07) is 9.11. The second-order valence-electron chi connectivity index (χ2n) is 7.10. The lowest BCUT2D eigenvalue weighted by Crippen LogP contribution is -2.35. The van der Waals surface area contributed by atoms with Crippen LogP contribution >= 0.6 is 0 Å². The van der Waals surface area contributed by atoms with Crippen molar-refractivity contribution in [2.45, 2.75) is 33.7 Å². The third-order valence-corrected chi connectivity index (χ3v) is 5.03. The molecule has 1 aliphatic heterocycles. The van der Waals surface area contributed by atoms with Crippen LogP contribution in [0.15, 0.2) is 36.4 Å². The fourth-order valence-corrected chi connectivity index (χ4v) is 3.34. The first-order valence-corrected chi connectivity index (χ1v) is 9.50. The van der Waals surface area contributed by atoms with E-state index in [1.165, 1.54) is 56.0 Å². The lowest BCUT2D eigenvalue weighted by Gasteiger charge is -2.25. The molecule has 0 unspecified atom stereocenters. The zero-order chi connectivity index (χ0) is 17.4. The average Bonchev–Trinajstić information content (AvgIpc) is 2.67. The number of benzene rings is 1. The van der Waals surface area contributed by atoms with Crippen molar-refractivity contribution in [2.24, 2.45) is 0 Å². The van der Waals surface area contributed by atoms with Gasteiger partial charge in [-0.2, -0.15) is 0 Å². The molecule has 3 nitrogen and oxygen atoms in total. The van der Waals surface area contributed by atoms with Gasteiger partial charge in [0.05, 0.1) is 0 Å². The van der Waals surface area contributed by atoms with E-state index in [0.29, 0.717) is 0 Å². The standard InChI is InChI=1S/C21H35N3/c1-5-22-11-12-23(6-2)14-16-24(15-13-22)18-21-9-7-20(8-10-21)17-19(3)4/h7-10H,3,5-6,11-18H2,1-2,4H3. The van der Waals surface area contributed by atoms with Crippen LogP contribution in [0.25, 0.3) is 0 Å². The molecule has 1 fully saturated rings. The molecule has 1 heterocycles. The Hall–Kier alpha value is -1.16. The molecule has 0 spiro atoms. The van der Waals surface area contributed by atoms with Crippen LogP contribution in [0.1, 0.15) is 31.9 Å². The highest BCUT2D eigenvalue weighted by Gasteiger charge is 2.14. The van der Waals surface area contributed by atoms with Crippen molar-refractivity contribution in [1.29, 1.82) is 0 Å². The first-order valence-electron chi connectivity index (χ1n) is 9.50. The smallest absolute Gasteiger partial charge is 0.0234 e. The minimum absolute atomic E-state index is 0.987. The molecular weight excluding hydrogens is 294 g/mol. The molecule has 0 aromatic heterocycles. The van der Waals surface area contributed by atoms with E-state index < -0.39 is 0 Å². The fourth-order valence-electron chi connectivity index (χ4n) is 3.34. The third-order valence-electron chi connectivity index (χ3n) is 5.03. The number of hydrogen-bond donors (Lipinski definition) is 0. The average molecular weight is 330 g/mol. The van der Waals surface area contributed by atoms with Crippen LogP contribution in [0.4, 0.5) is 0 Å². The van der Waals surface area contributed by atoms with Crippen molar-refractivity contribution in [1.82, 2.24) is 14.7 Å². The van der Waals surface area contributed by atoms with Crippen LogP contribution in [-0.2, 0) is 13.0 Å². The molecule has 0 radical (unpaired) electrons. The van der Waals surface area contributed by atoms with Crippen molar-refractivity contribution in [3.8, 4) is 0 Å². The summed E-state index contributed by atoms with van der Waals surface area (Å²) in [5.74, 6) is 0. The van der Waals surface area contributed by atoms with E-state index in [2.05, 4.69) is 66.3 Å². The van der Waals surface area contributed by atoms with E-state index in [0.717, 1.165) is 26.1 Å². The van der Waals surface area contributed by atoms with Gasteiger partial charge in [0, 0.05) is 45.8 Å². The van der Waals surface area contributed by atoms with Gasteiger partial charge in [-0.1, -0.05) is 50.3 Å². The van der Waals surface area contributed by atoms with Gasteiger partial charge in [-0.15, -0.1) is 0 Å². The van der Waals surface area contributed by atoms with Crippen molar-refractivity contribution >= 4 is 0 Å². The summed E-state index contributed by atoms with van der Waals surface area (Å²) in [4.78, 5) is 7.78. The summed E-state index contributed by atoms with van der Waals surface area (Å²) in [6.45, 7) is 21.1. The van der Waals surface area contributed by atoms with E-state index in [4.69, 9.17) is 0 Å². The highest BCUT2D eigenvalue weighted by molar-refractivity contribution is 5.25. The maximum absolute atomic E-state index is 4.01. The molecular formula is C21H35N3. The summed E-state index contributed by atoms with van der Waals surface area (Å²) >= 11 is 0. The molecule has 2 rings (SSSR count). The quantitative estimate of drug-likeness (QED) is 0.742. The van der Waals surface area contributed by atoms with Gasteiger partial charge in [-0.3, -0.25) is 4.90 Å². The first kappa shape index (κ1) is 19.2. The predicted octanol–water partition coefficient (Wildman–Crippen LogP) is 3.26. The highest BCUT2D eigenvalue weighted by atomic mass is 15.3. The second-order valence-corrected chi connectivity index (χ2v) is 7.10. The Bertz CT molecular complexity index is 478. The molecule has 0 N–H and O–H groups in total. The summed E-state index contributed by atoms with van der Waals surface area (Å²) in [6.07, 6.45) is 0.987. The normalized spacial score (nSPS) is 18.8. The molecule has 0 atom stereocenters. The van der Waals surface area contributed by atoms with E-state index >= 15 is 0 Å². The number of rotatable bonds is 6. The molecule has 1 aliphatic rings. The Kier molecular flexibility index (Phi) is 7.97. The fraction of sp³-hybridized carbons (Fsp3) is 0.619. The van der Waals surface area contributed by atoms with Gasteiger partial charge in [-0.25, -0.2) is 0 Å². The van der Waals surface area contributed by atoms with Crippen molar-refractivity contribution in [3.05, 3.63) is 47.5 Å². The van der Waals surface area contributed by atoms with Gasteiger partial charge in [0.15, 0.2) is 0 Å². The van der Waals surface area contributed by atoms with Gasteiger partial charge in [-0.05, 0) is 37.6 Å². The van der Waals surface area contributed by atoms with Crippen molar-refractivity contribution in [2.75, 3.05) is 52.4 Å². The summed E-state index contributed by atoms with van der Waals surface area (Å²) < 4.78 is 0. The Morgan fingerprint density at radius 1 is 0.792 bits per heavy atom. The minimum Gasteiger partial charge on any atom is -0.301 e. The van der Waals surface area contributed by atoms with E-state index in [1.54, 1.807) is 0 Å². The van der Waals surface area contributed by atoms with Crippen molar-refractivity contribution in [3.63, 3.8) is 0 Å². The van der Waals surface area contributed by atoms with E-state index in [1.807, 2.05) is 0 Å². The Morgan fingerprint density at radius 3 is 1.62 bits per heavy atom. The largest absolute Gasteiger partial charge is 0.301 e. The van der Waals surface area contributed by atoms with Gasteiger partial charge >= 0.3 is 0 Å². The van der Waals surface area contributed by atoms with Gasteiger partial charge in [0.25, 0.3) is 0 Å². The zero-order valence-electron chi connectivity index (χ0n) is 15.9. The lowest BCUT2D eigenvalue weighted by molar-refractivity contribution is 0.216. The number of hydrogen-bond acceptors (Lipinski definition) is 3. The van der Waals surface area contributed by atoms with Crippen LogP contribution < -0.4 is 0 Å². The van der Waals surface area contributed by atoms with Crippen LogP contribution in [0.3, 0.4) is 0 Å². The van der Waals surface area contributed by atoms with Gasteiger partial charge < -0.3 is 9.80 Å². The first-order chi connectivity index (χ1) is 11.6. The number of nitrogens with zero attached hydrogens (tertiary/aromatic N) is 3. The summed E-state index contributed by atoms with van der Waals surface area (Å²) in [5, 5.41) is 0. The molecule has 134 valence electrons. The van der Waals surface area contributed by atoms with Crippen LogP contribution in [0, 0.1) is 0 Å². The number of allylic oxidation sites excluding steroid dienone is 1. The number of likely N-dealkylation sites (N-methyl/N-ethyl adjacent to an activating group) is 2. The molecule has 0 saturated carbocycles. The topological polar surface area (TPSA) is 9.72 Å². The Morgan fingerprint density at radius 2 is 1.21 bits per heavy atom. The Balaban J connectivity index is 1.96. The Labute approximate surface area is 148 Å². The predicted molar refractivity (Wildman–Crippen MR) is 104 cm³/mol. The molecule has 0 aliphatic carbocycles. The van der Waals surface area contributed by atoms with Gasteiger partial charge in [0.1, 0.15) is 0 Å². The molecule has 24 heavy (non-hydrogen) atoms. The molecule has 0 amide bonds. The maximum atomic E-state index is 4.01. The maximum Gasteiger partial charge on any atom is 0.0234 e. The molecule has 0 bridgehead atoms. The molecule has 1 saturated heterocycles. The zero-order valence-corrected chi connectivity index (χ0v) is 15.9.